The Morgan fingerprint density at radius 2 is 2.08 bits per heavy atom. The number of halogens is 4. The Morgan fingerprint density at radius 1 is 1.46 bits per heavy atom. The van der Waals surface area contributed by atoms with Crippen LogP contribution < -0.4 is 5.73 Å². The molecule has 0 amide bonds. The first-order valence-electron chi connectivity index (χ1n) is 3.47. The van der Waals surface area contributed by atoms with E-state index in [-0.39, 0.29) is 11.0 Å². The molecule has 0 radical (unpaired) electrons. The van der Waals surface area contributed by atoms with Crippen LogP contribution in [0.25, 0.3) is 0 Å². The normalized spacial score (nSPS) is 14.5. The molecule has 2 nitrogen and oxygen atoms in total. The van der Waals surface area contributed by atoms with Crippen molar-refractivity contribution in [2.75, 3.05) is 6.54 Å². The first-order chi connectivity index (χ1) is 5.95. The van der Waals surface area contributed by atoms with Gasteiger partial charge < -0.3 is 10.2 Å². The third-order valence-corrected chi connectivity index (χ3v) is 1.77. The van der Waals surface area contributed by atoms with Crippen molar-refractivity contribution in [3.05, 3.63) is 23.1 Å². The molecule has 0 fully saturated rings. The molecule has 0 aliphatic heterocycles. The van der Waals surface area contributed by atoms with E-state index >= 15 is 0 Å². The van der Waals surface area contributed by atoms with Crippen LogP contribution in [0.5, 0.6) is 0 Å². The van der Waals surface area contributed by atoms with Crippen LogP contribution in [0, 0.1) is 0 Å². The summed E-state index contributed by atoms with van der Waals surface area (Å²) >= 11 is 5.34. The summed E-state index contributed by atoms with van der Waals surface area (Å²) in [5, 5.41) is -0.0716. The smallest absolute Gasteiger partial charge is 0.399 e. The number of rotatable bonds is 2. The first-order valence-corrected chi connectivity index (χ1v) is 3.85. The maximum atomic E-state index is 12.2. The van der Waals surface area contributed by atoms with E-state index in [1.807, 2.05) is 0 Å². The van der Waals surface area contributed by atoms with Crippen LogP contribution in [0.3, 0.4) is 0 Å². The standard InChI is InChI=1S/C7H7ClF3NO/c8-6-2-1-5(13-6)4(3-12)7(9,10)11/h1-2,4H,3,12H2. The number of hydrogen-bond acceptors (Lipinski definition) is 2. The summed E-state index contributed by atoms with van der Waals surface area (Å²) in [6.07, 6.45) is -4.39. The van der Waals surface area contributed by atoms with E-state index in [0.717, 1.165) is 0 Å². The number of alkyl halides is 3. The lowest BCUT2D eigenvalue weighted by Crippen LogP contribution is -2.27. The van der Waals surface area contributed by atoms with Crippen molar-refractivity contribution in [2.45, 2.75) is 12.1 Å². The molecule has 1 rings (SSSR count). The van der Waals surface area contributed by atoms with Crippen LogP contribution in [0.2, 0.25) is 5.22 Å². The van der Waals surface area contributed by atoms with Crippen molar-refractivity contribution in [2.24, 2.45) is 5.73 Å². The molecule has 0 saturated carbocycles. The van der Waals surface area contributed by atoms with Gasteiger partial charge in [-0.15, -0.1) is 0 Å². The molecule has 0 spiro atoms. The van der Waals surface area contributed by atoms with Gasteiger partial charge in [0.2, 0.25) is 0 Å². The van der Waals surface area contributed by atoms with E-state index in [1.54, 1.807) is 0 Å². The lowest BCUT2D eigenvalue weighted by molar-refractivity contribution is -0.151. The Balaban J connectivity index is 2.91. The minimum Gasteiger partial charge on any atom is -0.449 e. The zero-order valence-electron chi connectivity index (χ0n) is 6.44. The van der Waals surface area contributed by atoms with Gasteiger partial charge in [0.15, 0.2) is 5.22 Å². The first kappa shape index (κ1) is 10.4. The highest BCUT2D eigenvalue weighted by Gasteiger charge is 2.41. The fourth-order valence-corrected chi connectivity index (χ4v) is 1.08. The summed E-state index contributed by atoms with van der Waals surface area (Å²) in [6, 6.07) is 2.43. The average molecular weight is 214 g/mol. The fourth-order valence-electron chi connectivity index (χ4n) is 0.927. The third kappa shape index (κ3) is 2.38. The molecular formula is C7H7ClF3NO. The SMILES string of the molecule is NCC(c1ccc(Cl)o1)C(F)(F)F. The highest BCUT2D eigenvalue weighted by Crippen LogP contribution is 2.35. The summed E-state index contributed by atoms with van der Waals surface area (Å²) in [5.41, 5.74) is 4.98. The van der Waals surface area contributed by atoms with Gasteiger partial charge >= 0.3 is 6.18 Å². The molecule has 0 aromatic carbocycles. The van der Waals surface area contributed by atoms with E-state index in [2.05, 4.69) is 4.42 Å². The summed E-state index contributed by atoms with van der Waals surface area (Å²) in [6.45, 7) is -0.548. The summed E-state index contributed by atoms with van der Waals surface area (Å²) in [7, 11) is 0. The van der Waals surface area contributed by atoms with Crippen molar-refractivity contribution in [1.82, 2.24) is 0 Å². The quantitative estimate of drug-likeness (QED) is 0.820. The highest BCUT2D eigenvalue weighted by atomic mass is 35.5. The summed E-state index contributed by atoms with van der Waals surface area (Å²) in [5.74, 6) is -2.03. The topological polar surface area (TPSA) is 39.2 Å². The summed E-state index contributed by atoms with van der Waals surface area (Å²) in [4.78, 5) is 0. The minimum atomic E-state index is -4.39. The number of hydrogen-bond donors (Lipinski definition) is 1. The van der Waals surface area contributed by atoms with Crippen LogP contribution in [0.15, 0.2) is 16.5 Å². The van der Waals surface area contributed by atoms with Gasteiger partial charge in [0.25, 0.3) is 0 Å². The van der Waals surface area contributed by atoms with Crippen molar-refractivity contribution in [1.29, 1.82) is 0 Å². The monoisotopic (exact) mass is 213 g/mol. The molecule has 0 saturated heterocycles. The van der Waals surface area contributed by atoms with Crippen LogP contribution in [0.1, 0.15) is 11.7 Å². The van der Waals surface area contributed by atoms with Gasteiger partial charge in [-0.2, -0.15) is 13.2 Å². The molecule has 1 heterocycles. The average Bonchev–Trinajstić information content (AvgIpc) is 2.34. The molecular weight excluding hydrogens is 207 g/mol. The van der Waals surface area contributed by atoms with Crippen LogP contribution in [0.4, 0.5) is 13.2 Å². The molecule has 0 aliphatic rings. The van der Waals surface area contributed by atoms with Crippen LogP contribution >= 0.6 is 11.6 Å². The number of furan rings is 1. The molecule has 1 aromatic rings. The maximum absolute atomic E-state index is 12.2. The third-order valence-electron chi connectivity index (χ3n) is 1.57. The fraction of sp³-hybridized carbons (Fsp3) is 0.429. The molecule has 0 bridgehead atoms. The van der Waals surface area contributed by atoms with E-state index in [1.165, 1.54) is 12.1 Å². The summed E-state index contributed by atoms with van der Waals surface area (Å²) < 4.78 is 41.3. The molecule has 74 valence electrons. The molecule has 1 aromatic heterocycles. The van der Waals surface area contributed by atoms with Gasteiger partial charge in [-0.3, -0.25) is 0 Å². The molecule has 2 N–H and O–H groups in total. The van der Waals surface area contributed by atoms with E-state index in [4.69, 9.17) is 17.3 Å². The minimum absolute atomic E-state index is 0.0716. The van der Waals surface area contributed by atoms with Gasteiger partial charge in [0.05, 0.1) is 0 Å². The molecule has 1 unspecified atom stereocenters. The maximum Gasteiger partial charge on any atom is 0.399 e. The largest absolute Gasteiger partial charge is 0.449 e. The molecule has 1 atom stereocenters. The Bertz CT molecular complexity index is 284. The Morgan fingerprint density at radius 3 is 2.38 bits per heavy atom. The molecule has 0 aliphatic carbocycles. The second-order valence-corrected chi connectivity index (χ2v) is 2.84. The van der Waals surface area contributed by atoms with Crippen molar-refractivity contribution < 1.29 is 17.6 Å². The predicted octanol–water partition coefficient (Wildman–Crippen LogP) is 2.54. The molecule has 6 heteroatoms. The van der Waals surface area contributed by atoms with Crippen molar-refractivity contribution in [3.63, 3.8) is 0 Å². The Hall–Kier alpha value is -0.680. The van der Waals surface area contributed by atoms with Gasteiger partial charge in [0, 0.05) is 6.54 Å². The van der Waals surface area contributed by atoms with Crippen LogP contribution in [-0.2, 0) is 0 Å². The molecule has 13 heavy (non-hydrogen) atoms. The van der Waals surface area contributed by atoms with Gasteiger partial charge in [-0.05, 0) is 23.7 Å². The van der Waals surface area contributed by atoms with E-state index in [0.29, 0.717) is 0 Å². The van der Waals surface area contributed by atoms with Gasteiger partial charge in [-0.1, -0.05) is 0 Å². The van der Waals surface area contributed by atoms with Crippen LogP contribution in [-0.4, -0.2) is 12.7 Å². The lowest BCUT2D eigenvalue weighted by Gasteiger charge is -2.15. The highest BCUT2D eigenvalue weighted by molar-refractivity contribution is 6.28. The van der Waals surface area contributed by atoms with Gasteiger partial charge in [-0.25, -0.2) is 0 Å². The van der Waals surface area contributed by atoms with E-state index in [9.17, 15) is 13.2 Å². The zero-order valence-corrected chi connectivity index (χ0v) is 7.19. The second kappa shape index (κ2) is 3.59. The Kier molecular flexibility index (Phi) is 2.87. The van der Waals surface area contributed by atoms with Crippen molar-refractivity contribution >= 4 is 11.6 Å². The predicted molar refractivity (Wildman–Crippen MR) is 41.6 cm³/mol. The zero-order chi connectivity index (χ0) is 10.1. The number of nitrogens with two attached hydrogens (primary N) is 1. The van der Waals surface area contributed by atoms with E-state index < -0.39 is 18.6 Å². The second-order valence-electron chi connectivity index (χ2n) is 2.47. The van der Waals surface area contributed by atoms with Gasteiger partial charge in [0.1, 0.15) is 11.7 Å². The Labute approximate surface area is 77.5 Å². The van der Waals surface area contributed by atoms with Crippen molar-refractivity contribution in [3.8, 4) is 0 Å². The lowest BCUT2D eigenvalue weighted by atomic mass is 10.1.